The number of nitrogens with one attached hydrogen (secondary N) is 1. The molecule has 0 aliphatic carbocycles. The van der Waals surface area contributed by atoms with Crippen molar-refractivity contribution in [1.29, 1.82) is 0 Å². The molecule has 0 spiro atoms. The number of hydrogen-bond donors (Lipinski definition) is 1. The molecule has 2 atom stereocenters. The Balaban J connectivity index is 1.45. The Morgan fingerprint density at radius 3 is 2.61 bits per heavy atom. The van der Waals surface area contributed by atoms with Crippen LogP contribution in [0.3, 0.4) is 0 Å². The monoisotopic (exact) mass is 511 g/mol. The van der Waals surface area contributed by atoms with E-state index >= 15 is 0 Å². The smallest absolute Gasteiger partial charge is 0.247 e. The number of benzene rings is 3. The van der Waals surface area contributed by atoms with Crippen molar-refractivity contribution in [2.24, 2.45) is 0 Å². The second kappa shape index (κ2) is 12.0. The summed E-state index contributed by atoms with van der Waals surface area (Å²) in [6, 6.07) is 24.4. The van der Waals surface area contributed by atoms with E-state index in [0.29, 0.717) is 19.5 Å². The molecule has 4 aromatic rings. The number of hydrogen-bond acceptors (Lipinski definition) is 5. The molecule has 0 unspecified atom stereocenters. The number of fused-ring (bicyclic) bond motifs is 1. The molecule has 38 heavy (non-hydrogen) atoms. The van der Waals surface area contributed by atoms with Crippen molar-refractivity contribution >= 4 is 22.8 Å². The standard InChI is InChI=1S/C30H33N5O3/c1-22-10-5-6-11-23(22)17-18-34(28(36)21-35-27-16-8-7-15-26(27)32-33-35)29(24-12-3-2-4-13-24)30(37)31-20-25-14-9-19-38-25/h2-8,10-13,15-16,25,29H,9,14,17-21H2,1H3,(H,31,37)/t25-,29+/m0/s1. The highest BCUT2D eigenvalue weighted by molar-refractivity contribution is 5.89. The molecule has 1 aliphatic rings. The summed E-state index contributed by atoms with van der Waals surface area (Å²) in [5.41, 5.74) is 4.56. The average Bonchev–Trinajstić information content (AvgIpc) is 3.61. The van der Waals surface area contributed by atoms with Gasteiger partial charge in [-0.05, 0) is 55.0 Å². The van der Waals surface area contributed by atoms with E-state index in [1.165, 1.54) is 0 Å². The van der Waals surface area contributed by atoms with Gasteiger partial charge in [0, 0.05) is 19.7 Å². The van der Waals surface area contributed by atoms with Crippen molar-refractivity contribution < 1.29 is 14.3 Å². The molecular weight excluding hydrogens is 478 g/mol. The molecule has 196 valence electrons. The number of carbonyl (C=O) groups is 2. The second-order valence-electron chi connectivity index (χ2n) is 9.69. The van der Waals surface area contributed by atoms with Gasteiger partial charge < -0.3 is 15.0 Å². The number of aryl methyl sites for hydroxylation is 1. The van der Waals surface area contributed by atoms with Crippen LogP contribution in [-0.4, -0.2) is 57.5 Å². The fraction of sp³-hybridized carbons (Fsp3) is 0.333. The molecule has 8 heteroatoms. The molecule has 1 N–H and O–H groups in total. The van der Waals surface area contributed by atoms with Crippen LogP contribution in [0.15, 0.2) is 78.9 Å². The van der Waals surface area contributed by atoms with Gasteiger partial charge in [-0.2, -0.15) is 0 Å². The highest BCUT2D eigenvalue weighted by atomic mass is 16.5. The fourth-order valence-electron chi connectivity index (χ4n) is 5.01. The van der Waals surface area contributed by atoms with Gasteiger partial charge in [-0.15, -0.1) is 5.10 Å². The first-order chi connectivity index (χ1) is 18.6. The third-order valence-electron chi connectivity index (χ3n) is 7.11. The summed E-state index contributed by atoms with van der Waals surface area (Å²) in [4.78, 5) is 29.4. The molecule has 2 amide bonds. The lowest BCUT2D eigenvalue weighted by atomic mass is 10.0. The molecule has 1 fully saturated rings. The van der Waals surface area contributed by atoms with Crippen LogP contribution in [0.5, 0.6) is 0 Å². The third kappa shape index (κ3) is 5.92. The van der Waals surface area contributed by atoms with Crippen LogP contribution in [0.25, 0.3) is 11.0 Å². The lowest BCUT2D eigenvalue weighted by Gasteiger charge is -2.32. The first-order valence-electron chi connectivity index (χ1n) is 13.2. The summed E-state index contributed by atoms with van der Waals surface area (Å²) in [6.07, 6.45) is 2.55. The van der Waals surface area contributed by atoms with E-state index in [2.05, 4.69) is 34.7 Å². The van der Waals surface area contributed by atoms with Gasteiger partial charge in [-0.25, -0.2) is 4.68 Å². The van der Waals surface area contributed by atoms with Gasteiger partial charge in [-0.1, -0.05) is 71.9 Å². The topological polar surface area (TPSA) is 89.4 Å². The largest absolute Gasteiger partial charge is 0.376 e. The Morgan fingerprint density at radius 2 is 1.82 bits per heavy atom. The maximum atomic E-state index is 14.0. The van der Waals surface area contributed by atoms with Gasteiger partial charge in [0.2, 0.25) is 11.8 Å². The van der Waals surface area contributed by atoms with Crippen molar-refractivity contribution in [2.75, 3.05) is 19.7 Å². The summed E-state index contributed by atoms with van der Waals surface area (Å²) in [7, 11) is 0. The number of carbonyl (C=O) groups excluding carboxylic acids is 2. The van der Waals surface area contributed by atoms with E-state index in [0.717, 1.165) is 47.2 Å². The zero-order chi connectivity index (χ0) is 26.3. The van der Waals surface area contributed by atoms with Gasteiger partial charge in [0.15, 0.2) is 0 Å². The van der Waals surface area contributed by atoms with Crippen molar-refractivity contribution in [3.05, 3.63) is 95.6 Å². The highest BCUT2D eigenvalue weighted by Gasteiger charge is 2.32. The maximum absolute atomic E-state index is 14.0. The highest BCUT2D eigenvalue weighted by Crippen LogP contribution is 2.24. The molecule has 5 rings (SSSR count). The van der Waals surface area contributed by atoms with E-state index < -0.39 is 6.04 Å². The first-order valence-corrected chi connectivity index (χ1v) is 13.2. The van der Waals surface area contributed by atoms with Crippen LogP contribution >= 0.6 is 0 Å². The summed E-state index contributed by atoms with van der Waals surface area (Å²) in [6.45, 7) is 3.57. The summed E-state index contributed by atoms with van der Waals surface area (Å²) in [5.74, 6) is -0.413. The zero-order valence-corrected chi connectivity index (χ0v) is 21.6. The molecule has 8 nitrogen and oxygen atoms in total. The fourth-order valence-corrected chi connectivity index (χ4v) is 5.01. The van der Waals surface area contributed by atoms with Crippen LogP contribution in [0.4, 0.5) is 0 Å². The predicted molar refractivity (Wildman–Crippen MR) is 145 cm³/mol. The summed E-state index contributed by atoms with van der Waals surface area (Å²) < 4.78 is 7.31. The molecule has 0 saturated carbocycles. The van der Waals surface area contributed by atoms with Crippen LogP contribution < -0.4 is 5.32 Å². The molecular formula is C30H33N5O3. The SMILES string of the molecule is Cc1ccccc1CCN(C(=O)Cn1nnc2ccccc21)[C@@H](C(=O)NC[C@@H]1CCCO1)c1ccccc1. The quantitative estimate of drug-likeness (QED) is 0.349. The van der Waals surface area contributed by atoms with Crippen LogP contribution in [-0.2, 0) is 27.3 Å². The Bertz CT molecular complexity index is 1380. The Kier molecular flexibility index (Phi) is 8.09. The molecule has 0 bridgehead atoms. The maximum Gasteiger partial charge on any atom is 0.247 e. The number of aromatic nitrogens is 3. The predicted octanol–water partition coefficient (Wildman–Crippen LogP) is 3.85. The van der Waals surface area contributed by atoms with E-state index in [9.17, 15) is 9.59 Å². The Morgan fingerprint density at radius 1 is 1.05 bits per heavy atom. The normalized spacial score (nSPS) is 15.9. The lowest BCUT2D eigenvalue weighted by Crippen LogP contribution is -2.47. The minimum atomic E-state index is -0.788. The van der Waals surface area contributed by atoms with Gasteiger partial charge >= 0.3 is 0 Å². The first kappa shape index (κ1) is 25.6. The molecule has 1 aromatic heterocycles. The summed E-state index contributed by atoms with van der Waals surface area (Å²) in [5, 5.41) is 11.5. The average molecular weight is 512 g/mol. The molecule has 3 aromatic carbocycles. The van der Waals surface area contributed by atoms with E-state index in [4.69, 9.17) is 4.74 Å². The summed E-state index contributed by atoms with van der Waals surface area (Å²) >= 11 is 0. The molecule has 1 saturated heterocycles. The number of para-hydroxylation sites is 1. The van der Waals surface area contributed by atoms with Crippen molar-refractivity contribution in [1.82, 2.24) is 25.2 Å². The Labute approximate surface area is 222 Å². The van der Waals surface area contributed by atoms with Crippen molar-refractivity contribution in [2.45, 2.75) is 44.9 Å². The van der Waals surface area contributed by atoms with Gasteiger partial charge in [0.05, 0.1) is 11.6 Å². The third-order valence-corrected chi connectivity index (χ3v) is 7.11. The number of ether oxygens (including phenoxy) is 1. The van der Waals surface area contributed by atoms with E-state index in [1.807, 2.05) is 66.7 Å². The van der Waals surface area contributed by atoms with E-state index in [-0.39, 0.29) is 24.5 Å². The zero-order valence-electron chi connectivity index (χ0n) is 21.6. The molecule has 1 aliphatic heterocycles. The minimum Gasteiger partial charge on any atom is -0.376 e. The van der Waals surface area contributed by atoms with Crippen molar-refractivity contribution in [3.63, 3.8) is 0 Å². The second-order valence-corrected chi connectivity index (χ2v) is 9.69. The van der Waals surface area contributed by atoms with Gasteiger partial charge in [-0.3, -0.25) is 9.59 Å². The Hall–Kier alpha value is -4.04. The minimum absolute atomic E-state index is 0.00741. The van der Waals surface area contributed by atoms with Crippen LogP contribution in [0.1, 0.15) is 35.6 Å². The van der Waals surface area contributed by atoms with Gasteiger partial charge in [0.25, 0.3) is 0 Å². The number of amides is 2. The van der Waals surface area contributed by atoms with E-state index in [1.54, 1.807) is 9.58 Å². The van der Waals surface area contributed by atoms with Gasteiger partial charge in [0.1, 0.15) is 18.1 Å². The lowest BCUT2D eigenvalue weighted by molar-refractivity contribution is -0.141. The molecule has 2 heterocycles. The molecule has 0 radical (unpaired) electrons. The van der Waals surface area contributed by atoms with Crippen LogP contribution in [0, 0.1) is 6.92 Å². The van der Waals surface area contributed by atoms with Crippen LogP contribution in [0.2, 0.25) is 0 Å². The number of rotatable bonds is 10. The van der Waals surface area contributed by atoms with Crippen molar-refractivity contribution in [3.8, 4) is 0 Å². The number of nitrogens with zero attached hydrogens (tertiary/aromatic N) is 4.